The van der Waals surface area contributed by atoms with Crippen molar-refractivity contribution in [2.24, 2.45) is 5.92 Å². The van der Waals surface area contributed by atoms with Gasteiger partial charge in [-0.15, -0.1) is 0 Å². The number of nitrogens with one attached hydrogen (secondary N) is 1. The molecule has 0 saturated carbocycles. The van der Waals surface area contributed by atoms with E-state index in [0.29, 0.717) is 18.0 Å². The van der Waals surface area contributed by atoms with Crippen LogP contribution in [0.3, 0.4) is 0 Å². The summed E-state index contributed by atoms with van der Waals surface area (Å²) in [4.78, 5) is 23.5. The van der Waals surface area contributed by atoms with Gasteiger partial charge in [0.2, 0.25) is 0 Å². The lowest BCUT2D eigenvalue weighted by molar-refractivity contribution is -0.124. The van der Waals surface area contributed by atoms with Crippen LogP contribution in [0.5, 0.6) is 0 Å². The van der Waals surface area contributed by atoms with Crippen molar-refractivity contribution >= 4 is 11.9 Å². The largest absolute Gasteiger partial charge is 0.452 e. The van der Waals surface area contributed by atoms with Crippen LogP contribution in [-0.2, 0) is 9.53 Å². The van der Waals surface area contributed by atoms with E-state index in [4.69, 9.17) is 4.74 Å². The molecule has 0 aromatic heterocycles. The molecule has 2 aromatic carbocycles. The number of hydrogen-bond donors (Lipinski definition) is 1. The van der Waals surface area contributed by atoms with Crippen LogP contribution >= 0.6 is 0 Å². The highest BCUT2D eigenvalue weighted by Gasteiger charge is 2.10. The minimum Gasteiger partial charge on any atom is -0.452 e. The van der Waals surface area contributed by atoms with Gasteiger partial charge < -0.3 is 10.1 Å². The standard InChI is InChI=1S/C19H21NO3/c1-14(2)12-20-18(21)13-23-19(22)17-10-8-16(9-11-17)15-6-4-3-5-7-15/h3-11,14H,12-13H2,1-2H3,(H,20,21). The lowest BCUT2D eigenvalue weighted by Crippen LogP contribution is -2.31. The zero-order chi connectivity index (χ0) is 16.7. The van der Waals surface area contributed by atoms with Crippen LogP contribution in [-0.4, -0.2) is 25.0 Å². The van der Waals surface area contributed by atoms with Crippen LogP contribution in [0.4, 0.5) is 0 Å². The molecular formula is C19H21NO3. The second-order valence-corrected chi connectivity index (χ2v) is 5.72. The quantitative estimate of drug-likeness (QED) is 0.833. The van der Waals surface area contributed by atoms with Gasteiger partial charge in [-0.3, -0.25) is 4.79 Å². The summed E-state index contributed by atoms with van der Waals surface area (Å²) in [7, 11) is 0. The summed E-state index contributed by atoms with van der Waals surface area (Å²) in [6.45, 7) is 4.31. The van der Waals surface area contributed by atoms with E-state index in [0.717, 1.165) is 11.1 Å². The van der Waals surface area contributed by atoms with Crippen molar-refractivity contribution in [1.82, 2.24) is 5.32 Å². The fraction of sp³-hybridized carbons (Fsp3) is 0.263. The van der Waals surface area contributed by atoms with Crippen molar-refractivity contribution in [3.8, 4) is 11.1 Å². The van der Waals surface area contributed by atoms with Crippen molar-refractivity contribution in [3.63, 3.8) is 0 Å². The fourth-order valence-electron chi connectivity index (χ4n) is 2.01. The lowest BCUT2D eigenvalue weighted by Gasteiger charge is -2.08. The van der Waals surface area contributed by atoms with Crippen LogP contribution in [0.25, 0.3) is 11.1 Å². The summed E-state index contributed by atoms with van der Waals surface area (Å²) in [5.74, 6) is -0.419. The summed E-state index contributed by atoms with van der Waals surface area (Å²) >= 11 is 0. The van der Waals surface area contributed by atoms with Gasteiger partial charge in [-0.05, 0) is 29.2 Å². The Kier molecular flexibility index (Phi) is 5.92. The maximum Gasteiger partial charge on any atom is 0.338 e. The molecule has 0 aliphatic heterocycles. The molecule has 0 unspecified atom stereocenters. The Morgan fingerprint density at radius 3 is 2.17 bits per heavy atom. The van der Waals surface area contributed by atoms with E-state index in [9.17, 15) is 9.59 Å². The molecule has 4 heteroatoms. The first kappa shape index (κ1) is 16.7. The van der Waals surface area contributed by atoms with Crippen LogP contribution in [0, 0.1) is 5.92 Å². The Morgan fingerprint density at radius 1 is 0.957 bits per heavy atom. The molecule has 0 aliphatic carbocycles. The van der Waals surface area contributed by atoms with Gasteiger partial charge in [0.05, 0.1) is 5.56 Å². The topological polar surface area (TPSA) is 55.4 Å². The summed E-state index contributed by atoms with van der Waals surface area (Å²) < 4.78 is 5.02. The fourth-order valence-corrected chi connectivity index (χ4v) is 2.01. The molecular weight excluding hydrogens is 290 g/mol. The average Bonchev–Trinajstić information content (AvgIpc) is 2.58. The second kappa shape index (κ2) is 8.13. The normalized spacial score (nSPS) is 10.4. The Hall–Kier alpha value is -2.62. The molecule has 0 bridgehead atoms. The minimum absolute atomic E-state index is 0.258. The average molecular weight is 311 g/mol. The van der Waals surface area contributed by atoms with Gasteiger partial charge in [-0.25, -0.2) is 4.79 Å². The number of benzene rings is 2. The van der Waals surface area contributed by atoms with E-state index in [1.807, 2.05) is 56.3 Å². The molecule has 120 valence electrons. The molecule has 23 heavy (non-hydrogen) atoms. The third-order valence-corrected chi connectivity index (χ3v) is 3.27. The van der Waals surface area contributed by atoms with Gasteiger partial charge >= 0.3 is 5.97 Å². The first-order valence-electron chi connectivity index (χ1n) is 7.65. The first-order valence-corrected chi connectivity index (χ1v) is 7.65. The maximum absolute atomic E-state index is 11.9. The Labute approximate surface area is 136 Å². The highest BCUT2D eigenvalue weighted by atomic mass is 16.5. The Bertz CT molecular complexity index is 648. The van der Waals surface area contributed by atoms with Gasteiger partial charge in [0.1, 0.15) is 0 Å². The molecule has 0 saturated heterocycles. The van der Waals surface area contributed by atoms with Crippen LogP contribution in [0.2, 0.25) is 0 Å². The number of hydrogen-bond acceptors (Lipinski definition) is 3. The Balaban J connectivity index is 1.89. The van der Waals surface area contributed by atoms with Gasteiger partial charge in [0, 0.05) is 6.54 Å². The zero-order valence-corrected chi connectivity index (χ0v) is 13.4. The van der Waals surface area contributed by atoms with Gasteiger partial charge in [0.15, 0.2) is 6.61 Å². The number of carbonyl (C=O) groups is 2. The van der Waals surface area contributed by atoms with E-state index >= 15 is 0 Å². The number of rotatable bonds is 6. The van der Waals surface area contributed by atoms with Crippen LogP contribution in [0.15, 0.2) is 54.6 Å². The zero-order valence-electron chi connectivity index (χ0n) is 13.4. The predicted molar refractivity (Wildman–Crippen MR) is 90.0 cm³/mol. The molecule has 0 radical (unpaired) electrons. The van der Waals surface area contributed by atoms with E-state index in [1.54, 1.807) is 12.1 Å². The molecule has 0 atom stereocenters. The third-order valence-electron chi connectivity index (χ3n) is 3.27. The summed E-state index contributed by atoms with van der Waals surface area (Å²) in [5, 5.41) is 2.70. The van der Waals surface area contributed by atoms with Crippen molar-refractivity contribution in [2.75, 3.05) is 13.2 Å². The summed E-state index contributed by atoms with van der Waals surface area (Å²) in [6.07, 6.45) is 0. The van der Waals surface area contributed by atoms with Crippen molar-refractivity contribution in [2.45, 2.75) is 13.8 Å². The SMILES string of the molecule is CC(C)CNC(=O)COC(=O)c1ccc(-c2ccccc2)cc1. The van der Waals surface area contributed by atoms with E-state index in [-0.39, 0.29) is 12.5 Å². The predicted octanol–water partition coefficient (Wildman–Crippen LogP) is 3.28. The molecule has 0 fully saturated rings. The van der Waals surface area contributed by atoms with Crippen molar-refractivity contribution in [1.29, 1.82) is 0 Å². The van der Waals surface area contributed by atoms with E-state index in [2.05, 4.69) is 5.32 Å². The lowest BCUT2D eigenvalue weighted by atomic mass is 10.0. The molecule has 4 nitrogen and oxygen atoms in total. The second-order valence-electron chi connectivity index (χ2n) is 5.72. The third kappa shape index (κ3) is 5.25. The van der Waals surface area contributed by atoms with E-state index in [1.165, 1.54) is 0 Å². The molecule has 0 spiro atoms. The van der Waals surface area contributed by atoms with Crippen molar-refractivity contribution < 1.29 is 14.3 Å². The van der Waals surface area contributed by atoms with Gasteiger partial charge in [0.25, 0.3) is 5.91 Å². The monoisotopic (exact) mass is 311 g/mol. The number of amides is 1. The highest BCUT2D eigenvalue weighted by molar-refractivity contribution is 5.91. The van der Waals surface area contributed by atoms with Crippen molar-refractivity contribution in [3.05, 3.63) is 60.2 Å². The van der Waals surface area contributed by atoms with Gasteiger partial charge in [-0.1, -0.05) is 56.3 Å². The number of carbonyl (C=O) groups excluding carboxylic acids is 2. The smallest absolute Gasteiger partial charge is 0.338 e. The Morgan fingerprint density at radius 2 is 1.57 bits per heavy atom. The molecule has 1 N–H and O–H groups in total. The van der Waals surface area contributed by atoms with Gasteiger partial charge in [-0.2, -0.15) is 0 Å². The molecule has 0 heterocycles. The minimum atomic E-state index is -0.496. The summed E-state index contributed by atoms with van der Waals surface area (Å²) in [5.41, 5.74) is 2.54. The molecule has 2 aromatic rings. The van der Waals surface area contributed by atoms with Crippen LogP contribution < -0.4 is 5.32 Å². The summed E-state index contributed by atoms with van der Waals surface area (Å²) in [6, 6.07) is 17.0. The molecule has 1 amide bonds. The highest BCUT2D eigenvalue weighted by Crippen LogP contribution is 2.19. The van der Waals surface area contributed by atoms with E-state index < -0.39 is 5.97 Å². The number of esters is 1. The molecule has 2 rings (SSSR count). The maximum atomic E-state index is 11.9. The van der Waals surface area contributed by atoms with Crippen LogP contribution in [0.1, 0.15) is 24.2 Å². The first-order chi connectivity index (χ1) is 11.1. The number of ether oxygens (including phenoxy) is 1. The molecule has 0 aliphatic rings.